The van der Waals surface area contributed by atoms with E-state index in [9.17, 15) is 9.59 Å². The van der Waals surface area contributed by atoms with Crippen molar-refractivity contribution >= 4 is 45.2 Å². The lowest BCUT2D eigenvalue weighted by atomic mass is 10.1. The van der Waals surface area contributed by atoms with Gasteiger partial charge < -0.3 is 20.3 Å². The number of ether oxygens (including phenoxy) is 2. The van der Waals surface area contributed by atoms with Gasteiger partial charge in [-0.1, -0.05) is 12.1 Å². The lowest BCUT2D eigenvalue weighted by molar-refractivity contribution is -0.157. The van der Waals surface area contributed by atoms with Crippen LogP contribution in [-0.2, 0) is 9.53 Å². The quantitative estimate of drug-likeness (QED) is 0.412. The average Bonchev–Trinajstić information content (AvgIpc) is 2.89. The standard InChI is InChI=1S/C17H18BrNO4S.CH4O/c1-17(2,3)23-13(21)9-22-15-12(8-20)24-16(14(15)18)10-5-4-6-11(19)7-10;1-2/h4-8H,9,19H2,1-3H3;2H,1H3. The smallest absolute Gasteiger partial charge is 0.344 e. The summed E-state index contributed by atoms with van der Waals surface area (Å²) in [5.74, 6) is -0.166. The maximum atomic E-state index is 11.8. The van der Waals surface area contributed by atoms with Crippen LogP contribution < -0.4 is 10.5 Å². The summed E-state index contributed by atoms with van der Waals surface area (Å²) in [6.45, 7) is 5.06. The molecule has 142 valence electrons. The van der Waals surface area contributed by atoms with E-state index in [1.165, 1.54) is 11.3 Å². The molecule has 0 bridgehead atoms. The molecule has 1 aromatic carbocycles. The van der Waals surface area contributed by atoms with E-state index in [-0.39, 0.29) is 6.61 Å². The number of esters is 1. The number of rotatable bonds is 5. The molecule has 0 fully saturated rings. The molecule has 0 aliphatic heterocycles. The van der Waals surface area contributed by atoms with Crippen LogP contribution in [0, 0.1) is 0 Å². The van der Waals surface area contributed by atoms with Gasteiger partial charge in [0.25, 0.3) is 0 Å². The number of benzene rings is 1. The Bertz CT molecular complexity index is 767. The number of hydrogen-bond acceptors (Lipinski definition) is 7. The number of anilines is 1. The fraction of sp³-hybridized carbons (Fsp3) is 0.333. The van der Waals surface area contributed by atoms with Crippen LogP contribution in [0.4, 0.5) is 5.69 Å². The average molecular weight is 444 g/mol. The van der Waals surface area contributed by atoms with Crippen molar-refractivity contribution in [1.82, 2.24) is 0 Å². The molecule has 0 aliphatic rings. The minimum atomic E-state index is -0.591. The van der Waals surface area contributed by atoms with Crippen LogP contribution in [0.15, 0.2) is 28.7 Å². The summed E-state index contributed by atoms with van der Waals surface area (Å²) in [4.78, 5) is 24.3. The number of halogens is 1. The molecule has 0 aliphatic carbocycles. The van der Waals surface area contributed by atoms with Crippen molar-refractivity contribution in [2.75, 3.05) is 19.5 Å². The highest BCUT2D eigenvalue weighted by Gasteiger charge is 2.22. The van der Waals surface area contributed by atoms with Crippen LogP contribution in [0.1, 0.15) is 30.4 Å². The van der Waals surface area contributed by atoms with E-state index in [0.717, 1.165) is 17.6 Å². The van der Waals surface area contributed by atoms with E-state index in [4.69, 9.17) is 20.3 Å². The Morgan fingerprint density at radius 1 is 1.35 bits per heavy atom. The van der Waals surface area contributed by atoms with Gasteiger partial charge in [0.1, 0.15) is 10.5 Å². The first-order chi connectivity index (χ1) is 12.2. The van der Waals surface area contributed by atoms with Crippen molar-refractivity contribution in [3.8, 4) is 16.2 Å². The summed E-state index contributed by atoms with van der Waals surface area (Å²) < 4.78 is 11.3. The fourth-order valence-electron chi connectivity index (χ4n) is 1.99. The molecule has 0 unspecified atom stereocenters. The molecular weight excluding hydrogens is 422 g/mol. The highest BCUT2D eigenvalue weighted by Crippen LogP contribution is 2.45. The van der Waals surface area contributed by atoms with Crippen molar-refractivity contribution in [3.63, 3.8) is 0 Å². The predicted molar refractivity (Wildman–Crippen MR) is 107 cm³/mol. The molecule has 0 saturated heterocycles. The van der Waals surface area contributed by atoms with Gasteiger partial charge in [-0.05, 0) is 54.4 Å². The summed E-state index contributed by atoms with van der Waals surface area (Å²) in [5, 5.41) is 7.00. The van der Waals surface area contributed by atoms with Crippen LogP contribution >= 0.6 is 27.3 Å². The Hall–Kier alpha value is -1.90. The number of nitrogen functional groups attached to an aromatic ring is 1. The Kier molecular flexibility index (Phi) is 8.26. The third kappa shape index (κ3) is 6.12. The van der Waals surface area contributed by atoms with Crippen molar-refractivity contribution in [2.45, 2.75) is 26.4 Å². The van der Waals surface area contributed by atoms with Crippen LogP contribution in [0.3, 0.4) is 0 Å². The number of aliphatic hydroxyl groups excluding tert-OH is 1. The van der Waals surface area contributed by atoms with Crippen molar-refractivity contribution in [3.05, 3.63) is 33.6 Å². The van der Waals surface area contributed by atoms with E-state index in [1.807, 2.05) is 18.2 Å². The van der Waals surface area contributed by atoms with E-state index < -0.39 is 11.6 Å². The number of nitrogens with two attached hydrogens (primary N) is 1. The number of aldehydes is 1. The molecule has 0 spiro atoms. The van der Waals surface area contributed by atoms with Crippen molar-refractivity contribution < 1.29 is 24.2 Å². The second-order valence-corrected chi connectivity index (χ2v) is 7.90. The number of carbonyl (C=O) groups excluding carboxylic acids is 2. The number of hydrogen-bond donors (Lipinski definition) is 2. The lowest BCUT2D eigenvalue weighted by Gasteiger charge is -2.19. The first kappa shape index (κ1) is 22.1. The summed E-state index contributed by atoms with van der Waals surface area (Å²) in [6, 6.07) is 7.31. The Morgan fingerprint density at radius 3 is 2.54 bits per heavy atom. The molecule has 1 heterocycles. The van der Waals surface area contributed by atoms with E-state index in [2.05, 4.69) is 15.9 Å². The minimum absolute atomic E-state index is 0.274. The third-order valence-electron chi connectivity index (χ3n) is 2.84. The maximum absolute atomic E-state index is 11.8. The summed E-state index contributed by atoms with van der Waals surface area (Å²) in [7, 11) is 1.00. The van der Waals surface area contributed by atoms with Gasteiger partial charge in [-0.2, -0.15) is 0 Å². The zero-order chi connectivity index (χ0) is 19.9. The van der Waals surface area contributed by atoms with Crippen LogP contribution in [-0.4, -0.2) is 36.7 Å². The van der Waals surface area contributed by atoms with E-state index >= 15 is 0 Å². The lowest BCUT2D eigenvalue weighted by Crippen LogP contribution is -2.27. The molecule has 0 amide bonds. The zero-order valence-electron chi connectivity index (χ0n) is 15.0. The summed E-state index contributed by atoms with van der Waals surface area (Å²) in [6.07, 6.45) is 0.704. The number of thiophene rings is 1. The molecule has 3 N–H and O–H groups in total. The van der Waals surface area contributed by atoms with Crippen LogP contribution in [0.25, 0.3) is 10.4 Å². The van der Waals surface area contributed by atoms with Gasteiger partial charge in [0.05, 0.1) is 9.35 Å². The first-order valence-corrected chi connectivity index (χ1v) is 9.25. The molecule has 0 radical (unpaired) electrons. The van der Waals surface area contributed by atoms with E-state index in [1.54, 1.807) is 26.8 Å². The van der Waals surface area contributed by atoms with Gasteiger partial charge in [0.2, 0.25) is 0 Å². The molecule has 1 aromatic heterocycles. The summed E-state index contributed by atoms with van der Waals surface area (Å²) >= 11 is 4.71. The zero-order valence-corrected chi connectivity index (χ0v) is 17.4. The van der Waals surface area contributed by atoms with Crippen LogP contribution in [0.5, 0.6) is 5.75 Å². The predicted octanol–water partition coefficient (Wildman–Crippen LogP) is 3.90. The molecule has 2 aromatic rings. The van der Waals surface area contributed by atoms with Gasteiger partial charge in [-0.15, -0.1) is 11.3 Å². The second kappa shape index (κ2) is 9.70. The first-order valence-electron chi connectivity index (χ1n) is 7.64. The SMILES string of the molecule is CC(C)(C)OC(=O)COc1c(C=O)sc(-c2cccc(N)c2)c1Br.CO. The number of carbonyl (C=O) groups is 2. The monoisotopic (exact) mass is 443 g/mol. The van der Waals surface area contributed by atoms with Crippen molar-refractivity contribution in [1.29, 1.82) is 0 Å². The highest BCUT2D eigenvalue weighted by atomic mass is 79.9. The summed E-state index contributed by atoms with van der Waals surface area (Å²) in [5.41, 5.74) is 6.70. The molecule has 8 heteroatoms. The third-order valence-corrected chi connectivity index (χ3v) is 5.01. The van der Waals surface area contributed by atoms with Crippen molar-refractivity contribution in [2.24, 2.45) is 0 Å². The van der Waals surface area contributed by atoms with Gasteiger partial charge in [0, 0.05) is 12.8 Å². The maximum Gasteiger partial charge on any atom is 0.344 e. The second-order valence-electron chi connectivity index (χ2n) is 6.06. The largest absolute Gasteiger partial charge is 0.479 e. The van der Waals surface area contributed by atoms with E-state index in [0.29, 0.717) is 27.1 Å². The molecule has 6 nitrogen and oxygen atoms in total. The normalized spacial score (nSPS) is 10.5. The molecular formula is C18H22BrNO5S. The Labute approximate surface area is 165 Å². The van der Waals surface area contributed by atoms with Gasteiger partial charge in [-0.3, -0.25) is 4.79 Å². The molecule has 0 atom stereocenters. The molecule has 26 heavy (non-hydrogen) atoms. The van der Waals surface area contributed by atoms with Gasteiger partial charge >= 0.3 is 5.97 Å². The highest BCUT2D eigenvalue weighted by molar-refractivity contribution is 9.10. The number of aliphatic hydroxyl groups is 1. The Balaban J connectivity index is 0.00000163. The van der Waals surface area contributed by atoms with Gasteiger partial charge in [-0.25, -0.2) is 4.79 Å². The topological polar surface area (TPSA) is 98.9 Å². The van der Waals surface area contributed by atoms with Gasteiger partial charge in [0.15, 0.2) is 18.6 Å². The Morgan fingerprint density at radius 2 is 2.00 bits per heavy atom. The fourth-order valence-corrected chi connectivity index (χ4v) is 3.87. The van der Waals surface area contributed by atoms with Crippen LogP contribution in [0.2, 0.25) is 0 Å². The minimum Gasteiger partial charge on any atom is -0.479 e. The molecule has 0 saturated carbocycles. The molecule has 2 rings (SSSR count).